The van der Waals surface area contributed by atoms with Gasteiger partial charge < -0.3 is 9.84 Å². The van der Waals surface area contributed by atoms with Gasteiger partial charge in [-0.1, -0.05) is 19.0 Å². The van der Waals surface area contributed by atoms with Gasteiger partial charge >= 0.3 is 0 Å². The molecular weight excluding hydrogens is 260 g/mol. The number of rotatable bonds is 7. The van der Waals surface area contributed by atoms with Crippen LogP contribution in [0.5, 0.6) is 0 Å². The fourth-order valence-corrected chi connectivity index (χ4v) is 2.57. The molecule has 6 heteroatoms. The van der Waals surface area contributed by atoms with E-state index in [0.29, 0.717) is 24.2 Å². The Bertz CT molecular complexity index is 508. The first-order valence-corrected chi connectivity index (χ1v) is 7.55. The molecule has 0 aliphatic heterocycles. The number of hydrogen-bond donors (Lipinski definition) is 1. The van der Waals surface area contributed by atoms with Gasteiger partial charge in [-0.15, -0.1) is 11.3 Å². The van der Waals surface area contributed by atoms with E-state index in [-0.39, 0.29) is 0 Å². The van der Waals surface area contributed by atoms with Crippen LogP contribution < -0.4 is 5.32 Å². The third kappa shape index (κ3) is 4.11. The Kier molecular flexibility index (Phi) is 5.04. The number of nitrogens with one attached hydrogen (secondary N) is 1. The lowest BCUT2D eigenvalue weighted by Gasteiger charge is -2.12. The minimum atomic E-state index is 0.403. The van der Waals surface area contributed by atoms with Crippen molar-refractivity contribution < 1.29 is 4.52 Å². The first-order valence-electron chi connectivity index (χ1n) is 6.67. The standard InChI is InChI=1S/C13H20N4OS/c1-4-10(14-5-2)7-13-16-12(17-18-13)6-11-8-19-9(3)15-11/h8,10,14H,4-7H2,1-3H3. The predicted molar refractivity (Wildman–Crippen MR) is 75.4 cm³/mol. The van der Waals surface area contributed by atoms with Crippen molar-refractivity contribution in [3.8, 4) is 0 Å². The van der Waals surface area contributed by atoms with Gasteiger partial charge in [0.25, 0.3) is 0 Å². The van der Waals surface area contributed by atoms with Crippen LogP contribution in [0.25, 0.3) is 0 Å². The van der Waals surface area contributed by atoms with Gasteiger partial charge in [0.15, 0.2) is 5.82 Å². The second-order valence-electron chi connectivity index (χ2n) is 4.51. The molecule has 0 saturated carbocycles. The van der Waals surface area contributed by atoms with Crippen LogP contribution in [0.3, 0.4) is 0 Å². The molecule has 2 aromatic rings. The summed E-state index contributed by atoms with van der Waals surface area (Å²) in [7, 11) is 0. The van der Waals surface area contributed by atoms with Crippen molar-refractivity contribution in [3.63, 3.8) is 0 Å². The van der Waals surface area contributed by atoms with Crippen molar-refractivity contribution in [1.82, 2.24) is 20.4 Å². The zero-order valence-electron chi connectivity index (χ0n) is 11.6. The van der Waals surface area contributed by atoms with E-state index in [1.807, 2.05) is 12.3 Å². The molecule has 0 amide bonds. The number of hydrogen-bond acceptors (Lipinski definition) is 6. The van der Waals surface area contributed by atoms with E-state index in [4.69, 9.17) is 4.52 Å². The van der Waals surface area contributed by atoms with Crippen LogP contribution >= 0.6 is 11.3 Å². The number of nitrogens with zero attached hydrogens (tertiary/aromatic N) is 3. The molecule has 0 radical (unpaired) electrons. The first kappa shape index (κ1) is 14.1. The smallest absolute Gasteiger partial charge is 0.228 e. The quantitative estimate of drug-likeness (QED) is 0.843. The Morgan fingerprint density at radius 1 is 1.37 bits per heavy atom. The highest BCUT2D eigenvalue weighted by atomic mass is 32.1. The summed E-state index contributed by atoms with van der Waals surface area (Å²) >= 11 is 1.64. The van der Waals surface area contributed by atoms with Gasteiger partial charge in [0.05, 0.1) is 17.1 Å². The minimum absolute atomic E-state index is 0.403. The average Bonchev–Trinajstić information content (AvgIpc) is 2.99. The molecule has 0 spiro atoms. The van der Waals surface area contributed by atoms with Crippen LogP contribution in [0, 0.1) is 6.92 Å². The number of aromatic nitrogens is 3. The Labute approximate surface area is 117 Å². The van der Waals surface area contributed by atoms with Crippen molar-refractivity contribution >= 4 is 11.3 Å². The van der Waals surface area contributed by atoms with Gasteiger partial charge in [-0.3, -0.25) is 0 Å². The molecule has 2 aromatic heterocycles. The SMILES string of the molecule is CCNC(CC)Cc1nc(Cc2csc(C)n2)no1. The topological polar surface area (TPSA) is 63.8 Å². The van der Waals surface area contributed by atoms with E-state index in [2.05, 4.69) is 34.3 Å². The lowest BCUT2D eigenvalue weighted by Crippen LogP contribution is -2.30. The molecule has 0 aliphatic carbocycles. The van der Waals surface area contributed by atoms with Crippen LogP contribution in [0.1, 0.15) is 42.7 Å². The molecule has 104 valence electrons. The van der Waals surface area contributed by atoms with E-state index in [1.54, 1.807) is 11.3 Å². The summed E-state index contributed by atoms with van der Waals surface area (Å²) < 4.78 is 5.30. The van der Waals surface area contributed by atoms with Crippen LogP contribution in [-0.2, 0) is 12.8 Å². The highest BCUT2D eigenvalue weighted by molar-refractivity contribution is 7.09. The molecule has 1 unspecified atom stereocenters. The summed E-state index contributed by atoms with van der Waals surface area (Å²) in [6.45, 7) is 7.21. The Balaban J connectivity index is 1.94. The van der Waals surface area contributed by atoms with Crippen LogP contribution in [0.4, 0.5) is 0 Å². The van der Waals surface area contributed by atoms with Crippen molar-refractivity contribution in [2.45, 2.75) is 46.1 Å². The highest BCUT2D eigenvalue weighted by Gasteiger charge is 2.13. The summed E-state index contributed by atoms with van der Waals surface area (Å²) in [4.78, 5) is 8.84. The molecule has 19 heavy (non-hydrogen) atoms. The first-order chi connectivity index (χ1) is 9.21. The molecule has 1 atom stereocenters. The maximum atomic E-state index is 5.30. The second kappa shape index (κ2) is 6.77. The molecule has 2 heterocycles. The van der Waals surface area contributed by atoms with Crippen molar-refractivity contribution in [1.29, 1.82) is 0 Å². The maximum Gasteiger partial charge on any atom is 0.228 e. The molecular formula is C13H20N4OS. The summed E-state index contributed by atoms with van der Waals surface area (Å²) in [5.41, 5.74) is 1.01. The van der Waals surface area contributed by atoms with Crippen molar-refractivity contribution in [3.05, 3.63) is 27.8 Å². The summed E-state index contributed by atoms with van der Waals surface area (Å²) in [5.74, 6) is 1.42. The second-order valence-corrected chi connectivity index (χ2v) is 5.57. The molecule has 2 rings (SSSR count). The average molecular weight is 280 g/mol. The zero-order chi connectivity index (χ0) is 13.7. The van der Waals surface area contributed by atoms with Crippen LogP contribution in [-0.4, -0.2) is 27.7 Å². The largest absolute Gasteiger partial charge is 0.339 e. The monoisotopic (exact) mass is 280 g/mol. The number of likely N-dealkylation sites (N-methyl/N-ethyl adjacent to an activating group) is 1. The summed E-state index contributed by atoms with van der Waals surface area (Å²) in [6, 6.07) is 0.403. The Morgan fingerprint density at radius 2 is 2.21 bits per heavy atom. The molecule has 0 saturated heterocycles. The van der Waals surface area contributed by atoms with Crippen molar-refractivity contribution in [2.75, 3.05) is 6.54 Å². The van der Waals surface area contributed by atoms with Crippen LogP contribution in [0.15, 0.2) is 9.90 Å². The van der Waals surface area contributed by atoms with E-state index < -0.39 is 0 Å². The lowest BCUT2D eigenvalue weighted by molar-refractivity contribution is 0.352. The van der Waals surface area contributed by atoms with Crippen LogP contribution in [0.2, 0.25) is 0 Å². The third-order valence-electron chi connectivity index (χ3n) is 2.92. The fourth-order valence-electron chi connectivity index (χ4n) is 1.96. The molecule has 1 N–H and O–H groups in total. The zero-order valence-corrected chi connectivity index (χ0v) is 12.5. The van der Waals surface area contributed by atoms with E-state index in [9.17, 15) is 0 Å². The fraction of sp³-hybridized carbons (Fsp3) is 0.615. The minimum Gasteiger partial charge on any atom is -0.339 e. The van der Waals surface area contributed by atoms with Gasteiger partial charge in [-0.2, -0.15) is 4.98 Å². The summed E-state index contributed by atoms with van der Waals surface area (Å²) in [6.07, 6.45) is 2.48. The maximum absolute atomic E-state index is 5.30. The number of aryl methyl sites for hydroxylation is 1. The van der Waals surface area contributed by atoms with Gasteiger partial charge in [0.1, 0.15) is 0 Å². The Morgan fingerprint density at radius 3 is 2.84 bits per heavy atom. The third-order valence-corrected chi connectivity index (χ3v) is 3.74. The van der Waals surface area contributed by atoms with Gasteiger partial charge in [-0.25, -0.2) is 4.98 Å². The number of thiazole rings is 1. The molecule has 0 aliphatic rings. The molecule has 0 aromatic carbocycles. The van der Waals surface area contributed by atoms with Crippen molar-refractivity contribution in [2.24, 2.45) is 0 Å². The van der Waals surface area contributed by atoms with E-state index in [0.717, 1.165) is 30.1 Å². The normalized spacial score (nSPS) is 12.8. The molecule has 0 bridgehead atoms. The highest BCUT2D eigenvalue weighted by Crippen LogP contribution is 2.12. The van der Waals surface area contributed by atoms with E-state index in [1.165, 1.54) is 0 Å². The van der Waals surface area contributed by atoms with Gasteiger partial charge in [0, 0.05) is 17.8 Å². The Hall–Kier alpha value is -1.27. The lowest BCUT2D eigenvalue weighted by atomic mass is 10.1. The molecule has 0 fully saturated rings. The van der Waals surface area contributed by atoms with E-state index >= 15 is 0 Å². The molecule has 5 nitrogen and oxygen atoms in total. The summed E-state index contributed by atoms with van der Waals surface area (Å²) in [5, 5.41) is 10.5. The van der Waals surface area contributed by atoms with Gasteiger partial charge in [0.2, 0.25) is 5.89 Å². The van der Waals surface area contributed by atoms with Gasteiger partial charge in [-0.05, 0) is 19.9 Å². The predicted octanol–water partition coefficient (Wildman–Crippen LogP) is 2.36.